The standard InChI is InChI=1S/C28H29Cl3N2O2/c1-3-19(2)32-28(35)26(15-20-7-5-4-6-8-20)33(18-22-11-14-24(30)17-25(22)31)27(34)16-21-9-12-23(29)13-10-21/h4-14,17,19,26H,3,15-16,18H2,1-2H3,(H,32,35). The summed E-state index contributed by atoms with van der Waals surface area (Å²) in [6.07, 6.45) is 1.29. The van der Waals surface area contributed by atoms with E-state index >= 15 is 0 Å². The third kappa shape index (κ3) is 7.99. The minimum Gasteiger partial charge on any atom is -0.352 e. The van der Waals surface area contributed by atoms with Crippen LogP contribution in [0.5, 0.6) is 0 Å². The van der Waals surface area contributed by atoms with Gasteiger partial charge in [0.2, 0.25) is 11.8 Å². The Kier molecular flexibility index (Phi) is 10.0. The maximum absolute atomic E-state index is 13.7. The Morgan fingerprint density at radius 3 is 2.17 bits per heavy atom. The van der Waals surface area contributed by atoms with Crippen molar-refractivity contribution in [2.45, 2.75) is 51.7 Å². The molecule has 184 valence electrons. The van der Waals surface area contributed by atoms with Crippen LogP contribution in [0.3, 0.4) is 0 Å². The van der Waals surface area contributed by atoms with E-state index in [2.05, 4.69) is 5.32 Å². The SMILES string of the molecule is CCC(C)NC(=O)C(Cc1ccccc1)N(Cc1ccc(Cl)cc1Cl)C(=O)Cc1ccc(Cl)cc1. The first kappa shape index (κ1) is 27.1. The van der Waals surface area contributed by atoms with Crippen molar-refractivity contribution in [1.29, 1.82) is 0 Å². The van der Waals surface area contributed by atoms with Crippen LogP contribution in [0.1, 0.15) is 37.0 Å². The highest BCUT2D eigenvalue weighted by atomic mass is 35.5. The smallest absolute Gasteiger partial charge is 0.243 e. The molecule has 7 heteroatoms. The van der Waals surface area contributed by atoms with E-state index in [9.17, 15) is 9.59 Å². The van der Waals surface area contributed by atoms with Crippen LogP contribution in [0.25, 0.3) is 0 Å². The molecule has 2 amide bonds. The second kappa shape index (κ2) is 13.0. The zero-order valence-electron chi connectivity index (χ0n) is 19.8. The van der Waals surface area contributed by atoms with E-state index in [1.165, 1.54) is 0 Å². The summed E-state index contributed by atoms with van der Waals surface area (Å²) in [6.45, 7) is 4.13. The maximum atomic E-state index is 13.7. The second-order valence-corrected chi connectivity index (χ2v) is 9.86. The topological polar surface area (TPSA) is 49.4 Å². The number of nitrogens with one attached hydrogen (secondary N) is 1. The largest absolute Gasteiger partial charge is 0.352 e. The van der Waals surface area contributed by atoms with Crippen molar-refractivity contribution in [1.82, 2.24) is 10.2 Å². The summed E-state index contributed by atoms with van der Waals surface area (Å²) in [5.41, 5.74) is 2.49. The van der Waals surface area contributed by atoms with Crippen LogP contribution in [0.4, 0.5) is 0 Å². The zero-order valence-corrected chi connectivity index (χ0v) is 22.1. The molecule has 4 nitrogen and oxygen atoms in total. The van der Waals surface area contributed by atoms with E-state index in [4.69, 9.17) is 34.8 Å². The van der Waals surface area contributed by atoms with Crippen LogP contribution < -0.4 is 5.32 Å². The van der Waals surface area contributed by atoms with Gasteiger partial charge in [0, 0.05) is 34.1 Å². The van der Waals surface area contributed by atoms with E-state index < -0.39 is 6.04 Å². The number of rotatable bonds is 10. The third-order valence-corrected chi connectivity index (χ3v) is 6.74. The quantitative estimate of drug-likeness (QED) is 0.315. The van der Waals surface area contributed by atoms with Gasteiger partial charge in [-0.1, -0.05) is 90.3 Å². The molecule has 0 aliphatic rings. The number of nitrogens with zero attached hydrogens (tertiary/aromatic N) is 1. The summed E-state index contributed by atoms with van der Waals surface area (Å²) in [5.74, 6) is -0.378. The highest BCUT2D eigenvalue weighted by Gasteiger charge is 2.31. The molecule has 0 saturated carbocycles. The molecule has 0 bridgehead atoms. The molecule has 2 unspecified atom stereocenters. The minimum atomic E-state index is -0.724. The lowest BCUT2D eigenvalue weighted by Gasteiger charge is -2.32. The molecule has 3 rings (SSSR count). The average Bonchev–Trinajstić information content (AvgIpc) is 2.84. The summed E-state index contributed by atoms with van der Waals surface area (Å²) < 4.78 is 0. The molecule has 0 fully saturated rings. The van der Waals surface area contributed by atoms with Gasteiger partial charge in [-0.25, -0.2) is 0 Å². The predicted octanol–water partition coefficient (Wildman–Crippen LogP) is 6.74. The van der Waals surface area contributed by atoms with Gasteiger partial charge in [0.15, 0.2) is 0 Å². The predicted molar refractivity (Wildman–Crippen MR) is 144 cm³/mol. The molecule has 0 heterocycles. The van der Waals surface area contributed by atoms with Crippen LogP contribution >= 0.6 is 34.8 Å². The van der Waals surface area contributed by atoms with Gasteiger partial charge in [0.25, 0.3) is 0 Å². The van der Waals surface area contributed by atoms with Crippen molar-refractivity contribution in [3.8, 4) is 0 Å². The zero-order chi connectivity index (χ0) is 25.4. The number of hydrogen-bond acceptors (Lipinski definition) is 2. The first-order chi connectivity index (χ1) is 16.8. The van der Waals surface area contributed by atoms with Crippen molar-refractivity contribution in [3.63, 3.8) is 0 Å². The van der Waals surface area contributed by atoms with Crippen LogP contribution in [-0.4, -0.2) is 28.8 Å². The second-order valence-electron chi connectivity index (χ2n) is 8.58. The number of benzene rings is 3. The first-order valence-corrected chi connectivity index (χ1v) is 12.7. The Hall–Kier alpha value is -2.53. The molecular formula is C28H29Cl3N2O2. The Morgan fingerprint density at radius 2 is 1.54 bits per heavy atom. The molecule has 3 aromatic carbocycles. The molecule has 0 aliphatic heterocycles. The third-order valence-electron chi connectivity index (χ3n) is 5.90. The van der Waals surface area contributed by atoms with Crippen molar-refractivity contribution in [2.24, 2.45) is 0 Å². The summed E-state index contributed by atoms with van der Waals surface area (Å²) >= 11 is 18.6. The lowest BCUT2D eigenvalue weighted by Crippen LogP contribution is -2.52. The average molecular weight is 532 g/mol. The van der Waals surface area contributed by atoms with Gasteiger partial charge < -0.3 is 10.2 Å². The van der Waals surface area contributed by atoms with Gasteiger partial charge in [-0.3, -0.25) is 9.59 Å². The fourth-order valence-corrected chi connectivity index (χ4v) is 4.30. The van der Waals surface area contributed by atoms with Crippen LogP contribution in [0, 0.1) is 0 Å². The molecular weight excluding hydrogens is 503 g/mol. The van der Waals surface area contributed by atoms with Gasteiger partial charge >= 0.3 is 0 Å². The molecule has 0 saturated heterocycles. The van der Waals surface area contributed by atoms with Crippen molar-refractivity contribution >= 4 is 46.6 Å². The molecule has 1 N–H and O–H groups in total. The Balaban J connectivity index is 1.99. The van der Waals surface area contributed by atoms with Gasteiger partial charge in [0.05, 0.1) is 6.42 Å². The molecule has 0 spiro atoms. The van der Waals surface area contributed by atoms with E-state index in [-0.39, 0.29) is 30.8 Å². The number of carbonyl (C=O) groups excluding carboxylic acids is 2. The molecule has 2 atom stereocenters. The number of carbonyl (C=O) groups is 2. The molecule has 3 aromatic rings. The van der Waals surface area contributed by atoms with Gasteiger partial charge in [-0.15, -0.1) is 0 Å². The molecule has 35 heavy (non-hydrogen) atoms. The molecule has 0 aromatic heterocycles. The van der Waals surface area contributed by atoms with E-state index in [0.29, 0.717) is 21.5 Å². The number of halogens is 3. The summed E-state index contributed by atoms with van der Waals surface area (Å²) in [5, 5.41) is 4.61. The van der Waals surface area contributed by atoms with Crippen LogP contribution in [0.2, 0.25) is 15.1 Å². The first-order valence-electron chi connectivity index (χ1n) is 11.6. The van der Waals surface area contributed by atoms with Crippen LogP contribution in [0.15, 0.2) is 72.8 Å². The van der Waals surface area contributed by atoms with Gasteiger partial charge in [-0.2, -0.15) is 0 Å². The fourth-order valence-electron chi connectivity index (χ4n) is 3.71. The minimum absolute atomic E-state index is 0.0203. The van der Waals surface area contributed by atoms with Gasteiger partial charge in [0.1, 0.15) is 6.04 Å². The van der Waals surface area contributed by atoms with Crippen molar-refractivity contribution in [3.05, 3.63) is 105 Å². The normalized spacial score (nSPS) is 12.6. The van der Waals surface area contributed by atoms with Gasteiger partial charge in [-0.05, 0) is 54.3 Å². The van der Waals surface area contributed by atoms with Crippen molar-refractivity contribution in [2.75, 3.05) is 0 Å². The Morgan fingerprint density at radius 1 is 0.886 bits per heavy atom. The summed E-state index contributed by atoms with van der Waals surface area (Å²) in [7, 11) is 0. The number of hydrogen-bond donors (Lipinski definition) is 1. The van der Waals surface area contributed by atoms with E-state index in [1.807, 2.05) is 56.3 Å². The molecule has 0 aliphatic carbocycles. The monoisotopic (exact) mass is 530 g/mol. The van der Waals surface area contributed by atoms with Crippen molar-refractivity contribution < 1.29 is 9.59 Å². The highest BCUT2D eigenvalue weighted by Crippen LogP contribution is 2.25. The van der Waals surface area contributed by atoms with Crippen LogP contribution in [-0.2, 0) is 29.0 Å². The van der Waals surface area contributed by atoms with E-state index in [0.717, 1.165) is 23.1 Å². The lowest BCUT2D eigenvalue weighted by molar-refractivity contribution is -0.141. The Labute approximate surface area is 222 Å². The number of amides is 2. The lowest BCUT2D eigenvalue weighted by atomic mass is 10.0. The fraction of sp³-hybridized carbons (Fsp3) is 0.286. The summed E-state index contributed by atoms with van der Waals surface area (Å²) in [4.78, 5) is 28.8. The molecule has 0 radical (unpaired) electrons. The summed E-state index contributed by atoms with van der Waals surface area (Å²) in [6, 6.07) is 21.3. The highest BCUT2D eigenvalue weighted by molar-refractivity contribution is 6.35. The van der Waals surface area contributed by atoms with E-state index in [1.54, 1.807) is 35.2 Å². The Bertz CT molecular complexity index is 1140. The maximum Gasteiger partial charge on any atom is 0.243 e.